The van der Waals surface area contributed by atoms with Gasteiger partial charge in [0.1, 0.15) is 0 Å². The Morgan fingerprint density at radius 3 is 2.00 bits per heavy atom. The Hall–Kier alpha value is 1.69. The molecule has 2 heteroatoms. The van der Waals surface area contributed by atoms with Gasteiger partial charge in [-0.15, -0.1) is 9.24 Å². The fourth-order valence-corrected chi connectivity index (χ4v) is 0. The minimum absolute atomic E-state index is 0. The standard InChI is InChI=1S/C2H7P.Ca.2H/c1-2-3;;;/h2-3H2,1H3;;;/q;+2;2*-1. The second kappa shape index (κ2) is 8.83. The Morgan fingerprint density at radius 1 is 2.00 bits per heavy atom. The van der Waals surface area contributed by atoms with Gasteiger partial charge in [0.15, 0.2) is 0 Å². The molecule has 0 aromatic heterocycles. The molecule has 0 aliphatic rings. The van der Waals surface area contributed by atoms with Crippen LogP contribution in [0.5, 0.6) is 0 Å². The zero-order valence-corrected chi connectivity index (χ0v) is 6.35. The quantitative estimate of drug-likeness (QED) is 0.314. The first-order chi connectivity index (χ1) is 1.41. The molecule has 0 nitrogen and oxygen atoms in total. The van der Waals surface area contributed by atoms with Crippen molar-refractivity contribution in [3.8, 4) is 0 Å². The SMILES string of the molecule is CCP.[Ca+2].[H-].[H-]. The summed E-state index contributed by atoms with van der Waals surface area (Å²) in [7, 11) is 2.58. The van der Waals surface area contributed by atoms with Gasteiger partial charge in [0.05, 0.1) is 0 Å². The van der Waals surface area contributed by atoms with Crippen LogP contribution >= 0.6 is 9.24 Å². The van der Waals surface area contributed by atoms with Crippen molar-refractivity contribution in [2.24, 2.45) is 0 Å². The monoisotopic (exact) mass is 104 g/mol. The van der Waals surface area contributed by atoms with Crippen LogP contribution in [-0.4, -0.2) is 43.9 Å². The van der Waals surface area contributed by atoms with Crippen LogP contribution in [0.15, 0.2) is 0 Å². The molecule has 0 aliphatic heterocycles. The molecule has 0 saturated carbocycles. The van der Waals surface area contributed by atoms with E-state index < -0.39 is 0 Å². The summed E-state index contributed by atoms with van der Waals surface area (Å²) in [5.41, 5.74) is 0. The maximum atomic E-state index is 2.58. The number of hydrogen-bond acceptors (Lipinski definition) is 0. The molecule has 0 radical (unpaired) electrons. The van der Waals surface area contributed by atoms with Gasteiger partial charge in [-0.25, -0.2) is 0 Å². The Kier molecular flexibility index (Phi) is 20.3. The Morgan fingerprint density at radius 2 is 2.00 bits per heavy atom. The smallest absolute Gasteiger partial charge is 1.00 e. The topological polar surface area (TPSA) is 0 Å². The van der Waals surface area contributed by atoms with Gasteiger partial charge < -0.3 is 2.85 Å². The molecule has 0 amide bonds. The minimum atomic E-state index is 0. The number of rotatable bonds is 0. The van der Waals surface area contributed by atoms with Gasteiger partial charge in [-0.05, 0) is 6.16 Å². The van der Waals surface area contributed by atoms with Crippen LogP contribution < -0.4 is 0 Å². The van der Waals surface area contributed by atoms with E-state index in [1.807, 2.05) is 0 Å². The van der Waals surface area contributed by atoms with E-state index in [1.54, 1.807) is 0 Å². The van der Waals surface area contributed by atoms with Crippen LogP contribution in [0.1, 0.15) is 9.78 Å². The second-order valence-electron chi connectivity index (χ2n) is 0.408. The van der Waals surface area contributed by atoms with E-state index in [4.69, 9.17) is 0 Å². The van der Waals surface area contributed by atoms with Gasteiger partial charge in [0, 0.05) is 0 Å². The van der Waals surface area contributed by atoms with Crippen molar-refractivity contribution in [2.75, 3.05) is 6.16 Å². The first kappa shape index (κ1) is 9.19. The molecule has 4 heavy (non-hydrogen) atoms. The maximum Gasteiger partial charge on any atom is 2.00 e. The van der Waals surface area contributed by atoms with E-state index in [-0.39, 0.29) is 40.6 Å². The van der Waals surface area contributed by atoms with E-state index in [0.717, 1.165) is 0 Å². The predicted octanol–water partition coefficient (Wildman–Crippen LogP) is 0.726. The van der Waals surface area contributed by atoms with Crippen LogP contribution in [0.4, 0.5) is 0 Å². The molecule has 1 atom stereocenters. The van der Waals surface area contributed by atoms with Gasteiger partial charge >= 0.3 is 37.7 Å². The van der Waals surface area contributed by atoms with Crippen molar-refractivity contribution < 1.29 is 2.85 Å². The molecule has 24 valence electrons. The van der Waals surface area contributed by atoms with Gasteiger partial charge in [0.25, 0.3) is 0 Å². The molecule has 1 unspecified atom stereocenters. The summed E-state index contributed by atoms with van der Waals surface area (Å²) < 4.78 is 0. The van der Waals surface area contributed by atoms with E-state index in [9.17, 15) is 0 Å². The van der Waals surface area contributed by atoms with Crippen molar-refractivity contribution in [1.82, 2.24) is 0 Å². The van der Waals surface area contributed by atoms with Crippen molar-refractivity contribution >= 4 is 47.0 Å². The average Bonchev–Trinajstić information content (AvgIpc) is 0.918. The molecule has 0 spiro atoms. The summed E-state index contributed by atoms with van der Waals surface area (Å²) in [6.07, 6.45) is 1.17. The molecular weight excluding hydrogens is 95.1 g/mol. The minimum Gasteiger partial charge on any atom is -1.00 e. The molecule has 0 aromatic rings. The van der Waals surface area contributed by atoms with Gasteiger partial charge in [-0.2, -0.15) is 0 Å². The van der Waals surface area contributed by atoms with Gasteiger partial charge in [-0.3, -0.25) is 0 Å². The molecule has 0 aromatic carbocycles. The molecule has 0 heterocycles. The Bertz CT molecular complexity index is 11.5. The van der Waals surface area contributed by atoms with Crippen LogP contribution in [0.25, 0.3) is 0 Å². The summed E-state index contributed by atoms with van der Waals surface area (Å²) in [4.78, 5) is 0. The molecular formula is C2H9CaP. The summed E-state index contributed by atoms with van der Waals surface area (Å²) in [5, 5.41) is 0. The van der Waals surface area contributed by atoms with Crippen molar-refractivity contribution in [2.45, 2.75) is 6.92 Å². The maximum absolute atomic E-state index is 2.58. The van der Waals surface area contributed by atoms with Crippen LogP contribution in [-0.2, 0) is 0 Å². The molecule has 0 rings (SSSR count). The summed E-state index contributed by atoms with van der Waals surface area (Å²) >= 11 is 0. The molecule has 0 fully saturated rings. The molecule has 0 saturated heterocycles. The van der Waals surface area contributed by atoms with E-state index in [0.29, 0.717) is 0 Å². The Balaban J connectivity index is -0.00000000667. The summed E-state index contributed by atoms with van der Waals surface area (Å²) in [6.45, 7) is 2.09. The fraction of sp³-hybridized carbons (Fsp3) is 1.00. The van der Waals surface area contributed by atoms with E-state index in [1.165, 1.54) is 6.16 Å². The van der Waals surface area contributed by atoms with Crippen LogP contribution in [0, 0.1) is 0 Å². The molecule has 0 bridgehead atoms. The fourth-order valence-electron chi connectivity index (χ4n) is 0. The van der Waals surface area contributed by atoms with E-state index in [2.05, 4.69) is 16.2 Å². The number of hydrogen-bond donors (Lipinski definition) is 0. The average molecular weight is 104 g/mol. The summed E-state index contributed by atoms with van der Waals surface area (Å²) in [6, 6.07) is 0. The Labute approximate surface area is 62.5 Å². The zero-order valence-electron chi connectivity index (χ0n) is 4.99. The third kappa shape index (κ3) is 9.35. The first-order valence-electron chi connectivity index (χ1n) is 1.12. The van der Waals surface area contributed by atoms with Crippen molar-refractivity contribution in [1.29, 1.82) is 0 Å². The van der Waals surface area contributed by atoms with E-state index >= 15 is 0 Å². The molecule has 0 N–H and O–H groups in total. The van der Waals surface area contributed by atoms with Gasteiger partial charge in [0.2, 0.25) is 0 Å². The third-order valence-corrected chi connectivity index (χ3v) is 0. The summed E-state index contributed by atoms with van der Waals surface area (Å²) in [5.74, 6) is 0. The normalized spacial score (nSPS) is 4.50. The van der Waals surface area contributed by atoms with Crippen LogP contribution in [0.3, 0.4) is 0 Å². The van der Waals surface area contributed by atoms with Crippen LogP contribution in [0.2, 0.25) is 0 Å². The largest absolute Gasteiger partial charge is 2.00 e. The first-order valence-corrected chi connectivity index (χ1v) is 1.93. The predicted molar refractivity (Wildman–Crippen MR) is 28.2 cm³/mol. The second-order valence-corrected chi connectivity index (χ2v) is 1.22. The zero-order chi connectivity index (χ0) is 2.71. The third-order valence-electron chi connectivity index (χ3n) is 0. The molecule has 0 aliphatic carbocycles. The van der Waals surface area contributed by atoms with Gasteiger partial charge in [-0.1, -0.05) is 6.92 Å². The van der Waals surface area contributed by atoms with Crippen molar-refractivity contribution in [3.63, 3.8) is 0 Å². The van der Waals surface area contributed by atoms with Crippen molar-refractivity contribution in [3.05, 3.63) is 0 Å².